The Hall–Kier alpha value is -4.64. The second-order valence-electron chi connectivity index (χ2n) is 11.9. The van der Waals surface area contributed by atoms with E-state index in [9.17, 15) is 9.59 Å². The molecule has 5 aromatic rings. The van der Waals surface area contributed by atoms with Gasteiger partial charge in [-0.05, 0) is 86.7 Å². The highest BCUT2D eigenvalue weighted by atomic mass is 16.6. The van der Waals surface area contributed by atoms with E-state index in [1.807, 2.05) is 94.5 Å². The van der Waals surface area contributed by atoms with Crippen molar-refractivity contribution < 1.29 is 14.3 Å². The van der Waals surface area contributed by atoms with E-state index < -0.39 is 5.60 Å². The van der Waals surface area contributed by atoms with Gasteiger partial charge in [-0.3, -0.25) is 4.79 Å². The van der Waals surface area contributed by atoms with Crippen LogP contribution in [0.5, 0.6) is 0 Å². The van der Waals surface area contributed by atoms with Gasteiger partial charge in [-0.1, -0.05) is 72.8 Å². The number of fused-ring (bicyclic) bond motifs is 1. The molecule has 0 spiro atoms. The highest BCUT2D eigenvalue weighted by Gasteiger charge is 2.21. The van der Waals surface area contributed by atoms with Crippen molar-refractivity contribution in [2.24, 2.45) is 0 Å². The minimum atomic E-state index is -0.560. The average molecular weight is 559 g/mol. The zero-order chi connectivity index (χ0) is 30.0. The first kappa shape index (κ1) is 28.9. The Morgan fingerprint density at radius 2 is 1.48 bits per heavy atom. The van der Waals surface area contributed by atoms with Crippen LogP contribution in [0.25, 0.3) is 22.0 Å². The van der Waals surface area contributed by atoms with Gasteiger partial charge in [-0.25, -0.2) is 4.79 Å². The molecule has 0 unspecified atom stereocenters. The molecule has 0 radical (unpaired) electrons. The zero-order valence-electron chi connectivity index (χ0n) is 25.3. The third kappa shape index (κ3) is 6.15. The first-order chi connectivity index (χ1) is 20.0. The van der Waals surface area contributed by atoms with E-state index in [4.69, 9.17) is 4.74 Å². The van der Waals surface area contributed by atoms with Crippen molar-refractivity contribution in [1.82, 2.24) is 9.47 Å². The molecule has 5 heteroatoms. The van der Waals surface area contributed by atoms with E-state index in [-0.39, 0.29) is 11.9 Å². The quantitative estimate of drug-likeness (QED) is 0.189. The molecule has 214 valence electrons. The van der Waals surface area contributed by atoms with Crippen molar-refractivity contribution in [2.45, 2.75) is 53.3 Å². The van der Waals surface area contributed by atoms with Crippen LogP contribution in [0, 0.1) is 13.8 Å². The van der Waals surface area contributed by atoms with E-state index in [0.29, 0.717) is 24.2 Å². The Bertz CT molecular complexity index is 1740. The molecular weight excluding hydrogens is 520 g/mol. The first-order valence-electron chi connectivity index (χ1n) is 14.3. The van der Waals surface area contributed by atoms with E-state index in [1.165, 1.54) is 11.3 Å². The van der Waals surface area contributed by atoms with E-state index in [1.54, 1.807) is 4.90 Å². The lowest BCUT2D eigenvalue weighted by Crippen LogP contribution is -2.26. The molecule has 0 N–H and O–H groups in total. The summed E-state index contributed by atoms with van der Waals surface area (Å²) >= 11 is 0. The molecule has 1 heterocycles. The fraction of sp³-hybridized carbons (Fsp3) is 0.243. The maximum atomic E-state index is 13.3. The average Bonchev–Trinajstić information content (AvgIpc) is 3.21. The van der Waals surface area contributed by atoms with Crippen LogP contribution < -0.4 is 0 Å². The van der Waals surface area contributed by atoms with Gasteiger partial charge < -0.3 is 14.2 Å². The SMILES string of the molecule is Cc1c(C)n(Cc2ccc(-c3ccccc3C(=O)OC(C)(C)C)cc2)c2ccc(C(=O)N(C)Cc3ccccc3)cc12. The summed E-state index contributed by atoms with van der Waals surface area (Å²) in [6, 6.07) is 32.0. The molecule has 0 saturated heterocycles. The summed E-state index contributed by atoms with van der Waals surface area (Å²) in [5.41, 5.74) is 8.21. The molecule has 4 aromatic carbocycles. The predicted molar refractivity (Wildman–Crippen MR) is 170 cm³/mol. The first-order valence-corrected chi connectivity index (χ1v) is 14.3. The molecule has 0 saturated carbocycles. The van der Waals surface area contributed by atoms with Gasteiger partial charge in [0.1, 0.15) is 5.60 Å². The Morgan fingerprint density at radius 3 is 2.17 bits per heavy atom. The van der Waals surface area contributed by atoms with Crippen molar-refractivity contribution in [3.05, 3.63) is 131 Å². The van der Waals surface area contributed by atoms with Crippen molar-refractivity contribution in [3.8, 4) is 11.1 Å². The normalized spacial score (nSPS) is 11.5. The number of hydrogen-bond donors (Lipinski definition) is 0. The molecule has 5 rings (SSSR count). The van der Waals surface area contributed by atoms with Crippen LogP contribution in [-0.2, 0) is 17.8 Å². The molecule has 0 aliphatic carbocycles. The second kappa shape index (κ2) is 11.7. The number of nitrogens with zero attached hydrogens (tertiary/aromatic N) is 2. The fourth-order valence-corrected chi connectivity index (χ4v) is 5.35. The van der Waals surface area contributed by atoms with Crippen LogP contribution in [0.3, 0.4) is 0 Å². The lowest BCUT2D eigenvalue weighted by molar-refractivity contribution is 0.00703. The molecule has 0 aliphatic rings. The number of ether oxygens (including phenoxy) is 1. The minimum absolute atomic E-state index is 0.00723. The van der Waals surface area contributed by atoms with E-state index >= 15 is 0 Å². The van der Waals surface area contributed by atoms with Crippen molar-refractivity contribution in [1.29, 1.82) is 0 Å². The number of carbonyl (C=O) groups is 2. The van der Waals surface area contributed by atoms with Gasteiger partial charge in [0.15, 0.2) is 0 Å². The predicted octanol–water partition coefficient (Wildman–Crippen LogP) is 8.20. The van der Waals surface area contributed by atoms with Gasteiger partial charge in [0.25, 0.3) is 5.91 Å². The summed E-state index contributed by atoms with van der Waals surface area (Å²) in [5, 5.41) is 1.09. The van der Waals surface area contributed by atoms with Gasteiger partial charge in [0.2, 0.25) is 0 Å². The molecule has 0 aliphatic heterocycles. The molecule has 0 bridgehead atoms. The standard InChI is InChI=1S/C37H38N2O3/c1-25-26(2)39(34-21-20-30(22-33(25)34)35(40)38(6)23-27-12-8-7-9-13-27)24-28-16-18-29(19-17-28)31-14-10-11-15-32(31)36(41)42-37(3,4)5/h7-22H,23-24H2,1-6H3. The van der Waals surface area contributed by atoms with Gasteiger partial charge >= 0.3 is 5.97 Å². The lowest BCUT2D eigenvalue weighted by atomic mass is 9.98. The van der Waals surface area contributed by atoms with Crippen LogP contribution in [0.2, 0.25) is 0 Å². The van der Waals surface area contributed by atoms with Crippen LogP contribution in [-0.4, -0.2) is 34.0 Å². The van der Waals surface area contributed by atoms with E-state index in [2.05, 4.69) is 48.7 Å². The molecule has 1 amide bonds. The monoisotopic (exact) mass is 558 g/mol. The van der Waals surface area contributed by atoms with Gasteiger partial charge in [0, 0.05) is 42.3 Å². The number of amides is 1. The Balaban J connectivity index is 1.38. The van der Waals surface area contributed by atoms with Gasteiger partial charge in [0.05, 0.1) is 5.56 Å². The number of aromatic nitrogens is 1. The smallest absolute Gasteiger partial charge is 0.339 e. The van der Waals surface area contributed by atoms with Crippen molar-refractivity contribution in [3.63, 3.8) is 0 Å². The summed E-state index contributed by atoms with van der Waals surface area (Å²) in [4.78, 5) is 27.9. The Kier molecular flexibility index (Phi) is 8.04. The molecule has 0 fully saturated rings. The molecule has 5 nitrogen and oxygen atoms in total. The summed E-state index contributed by atoms with van der Waals surface area (Å²) < 4.78 is 7.94. The largest absolute Gasteiger partial charge is 0.456 e. The summed E-state index contributed by atoms with van der Waals surface area (Å²) in [7, 11) is 1.85. The van der Waals surface area contributed by atoms with Crippen LogP contribution in [0.15, 0.2) is 97.1 Å². The number of hydrogen-bond acceptors (Lipinski definition) is 3. The third-order valence-electron chi connectivity index (χ3n) is 7.65. The van der Waals surface area contributed by atoms with Crippen LogP contribution in [0.1, 0.15) is 63.9 Å². The number of rotatable bonds is 7. The zero-order valence-corrected chi connectivity index (χ0v) is 25.3. The summed E-state index contributed by atoms with van der Waals surface area (Å²) in [5.74, 6) is -0.316. The number of benzene rings is 4. The maximum Gasteiger partial charge on any atom is 0.339 e. The summed E-state index contributed by atoms with van der Waals surface area (Å²) in [6.07, 6.45) is 0. The molecule has 42 heavy (non-hydrogen) atoms. The molecular formula is C37H38N2O3. The molecule has 0 atom stereocenters. The number of aryl methyl sites for hydroxylation is 1. The van der Waals surface area contributed by atoms with Crippen LogP contribution in [0.4, 0.5) is 0 Å². The van der Waals surface area contributed by atoms with Crippen LogP contribution >= 0.6 is 0 Å². The Morgan fingerprint density at radius 1 is 0.810 bits per heavy atom. The van der Waals surface area contributed by atoms with E-state index in [0.717, 1.165) is 33.2 Å². The van der Waals surface area contributed by atoms with Gasteiger partial charge in [-0.15, -0.1) is 0 Å². The Labute approximate surface area is 248 Å². The maximum absolute atomic E-state index is 13.3. The highest BCUT2D eigenvalue weighted by molar-refractivity contribution is 5.99. The fourth-order valence-electron chi connectivity index (χ4n) is 5.35. The number of carbonyl (C=O) groups excluding carboxylic acids is 2. The van der Waals surface area contributed by atoms with Crippen molar-refractivity contribution >= 4 is 22.8 Å². The van der Waals surface area contributed by atoms with Gasteiger partial charge in [-0.2, -0.15) is 0 Å². The third-order valence-corrected chi connectivity index (χ3v) is 7.65. The number of esters is 1. The highest BCUT2D eigenvalue weighted by Crippen LogP contribution is 2.30. The topological polar surface area (TPSA) is 51.5 Å². The second-order valence-corrected chi connectivity index (χ2v) is 11.9. The molecule has 1 aromatic heterocycles. The van der Waals surface area contributed by atoms with Crippen molar-refractivity contribution in [2.75, 3.05) is 7.05 Å². The lowest BCUT2D eigenvalue weighted by Gasteiger charge is -2.20. The summed E-state index contributed by atoms with van der Waals surface area (Å²) in [6.45, 7) is 11.1. The minimum Gasteiger partial charge on any atom is -0.456 e.